The van der Waals surface area contributed by atoms with Crippen molar-refractivity contribution in [1.29, 1.82) is 0 Å². The molecule has 116 valence electrons. The minimum atomic E-state index is -0.795. The maximum absolute atomic E-state index is 12.2. The number of carbonyl (C=O) groups excluding carboxylic acids is 1. The molecule has 1 amide bonds. The van der Waals surface area contributed by atoms with Crippen molar-refractivity contribution in [2.45, 2.75) is 0 Å². The highest BCUT2D eigenvalue weighted by Gasteiger charge is 2.20. The number of hydrogen-bond donors (Lipinski definition) is 2. The van der Waals surface area contributed by atoms with Crippen LogP contribution in [-0.2, 0) is 0 Å². The summed E-state index contributed by atoms with van der Waals surface area (Å²) in [6, 6.07) is 11.1. The van der Waals surface area contributed by atoms with Crippen molar-refractivity contribution in [3.63, 3.8) is 0 Å². The number of carbonyl (C=O) groups is 1. The summed E-state index contributed by atoms with van der Waals surface area (Å²) >= 11 is 4.13. The van der Waals surface area contributed by atoms with E-state index >= 15 is 0 Å². The molecule has 0 aromatic heterocycles. The van der Waals surface area contributed by atoms with Crippen molar-refractivity contribution < 1.29 is 24.1 Å². The summed E-state index contributed by atoms with van der Waals surface area (Å²) in [6.07, 6.45) is -0.795. The van der Waals surface area contributed by atoms with Gasteiger partial charge in [-0.1, -0.05) is 24.9 Å². The minimum absolute atomic E-state index is 0.0356. The summed E-state index contributed by atoms with van der Waals surface area (Å²) in [7, 11) is 2.98. The van der Waals surface area contributed by atoms with Crippen molar-refractivity contribution in [1.82, 2.24) is 0 Å². The number of aromatic hydroxyl groups is 1. The highest BCUT2D eigenvalue weighted by Crippen LogP contribution is 2.34. The van der Waals surface area contributed by atoms with Gasteiger partial charge in [-0.2, -0.15) is 0 Å². The topological polar surface area (TPSA) is 68.2 Å². The normalized spacial score (nSPS) is 9.95. The summed E-state index contributed by atoms with van der Waals surface area (Å²) < 4.78 is 16.4. The van der Waals surface area contributed by atoms with Gasteiger partial charge in [0, 0.05) is 6.07 Å². The molecule has 0 unspecified atom stereocenters. The number of phenols is 1. The molecule has 2 aromatic rings. The molecule has 0 saturated carbocycles. The molecule has 2 aromatic carbocycles. The molecule has 22 heavy (non-hydrogen) atoms. The molecule has 0 aliphatic rings. The number of benzene rings is 2. The first kappa shape index (κ1) is 15.8. The van der Waals surface area contributed by atoms with Gasteiger partial charge in [0.2, 0.25) is 0 Å². The maximum Gasteiger partial charge on any atom is 0.430 e. The zero-order valence-corrected chi connectivity index (χ0v) is 12.9. The van der Waals surface area contributed by atoms with E-state index in [1.165, 1.54) is 26.4 Å². The monoisotopic (exact) mass is 321 g/mol. The standard InChI is InChI=1S/C15H15NO5S/c1-19-10-7-8-13(20-2)11(9-10)16(22)15(18)21-14-6-4-3-5-12(14)17/h3-9,17,22H,1-2H3. The molecule has 1 N–H and O–H groups in total. The van der Waals surface area contributed by atoms with Gasteiger partial charge >= 0.3 is 6.09 Å². The molecule has 0 fully saturated rings. The van der Waals surface area contributed by atoms with E-state index in [1.807, 2.05) is 0 Å². The first-order valence-electron chi connectivity index (χ1n) is 6.27. The van der Waals surface area contributed by atoms with Gasteiger partial charge in [0.1, 0.15) is 17.2 Å². The SMILES string of the molecule is COc1ccc(OC)c(N(S)C(=O)Oc2ccccc2O)c1. The second kappa shape index (κ2) is 6.95. The number of para-hydroxylation sites is 2. The first-order chi connectivity index (χ1) is 10.6. The minimum Gasteiger partial charge on any atom is -0.504 e. The average Bonchev–Trinajstić information content (AvgIpc) is 2.55. The fraction of sp³-hybridized carbons (Fsp3) is 0.133. The molecular formula is C15H15NO5S. The third kappa shape index (κ3) is 3.37. The molecule has 6 nitrogen and oxygen atoms in total. The summed E-state index contributed by atoms with van der Waals surface area (Å²) in [4.78, 5) is 12.2. The van der Waals surface area contributed by atoms with Gasteiger partial charge in [-0.3, -0.25) is 0 Å². The molecule has 0 radical (unpaired) electrons. The number of thiol groups is 1. The Hall–Kier alpha value is -2.54. The predicted molar refractivity (Wildman–Crippen MR) is 85.1 cm³/mol. The van der Waals surface area contributed by atoms with Crippen molar-refractivity contribution in [2.24, 2.45) is 0 Å². The van der Waals surface area contributed by atoms with Gasteiger partial charge in [-0.25, -0.2) is 9.10 Å². The maximum atomic E-state index is 12.2. The van der Waals surface area contributed by atoms with Crippen molar-refractivity contribution >= 4 is 24.6 Å². The van der Waals surface area contributed by atoms with E-state index in [0.29, 0.717) is 17.2 Å². The van der Waals surface area contributed by atoms with E-state index in [-0.39, 0.29) is 11.5 Å². The van der Waals surface area contributed by atoms with Crippen LogP contribution in [0.4, 0.5) is 10.5 Å². The van der Waals surface area contributed by atoms with E-state index in [0.717, 1.165) is 4.31 Å². The molecule has 0 atom stereocenters. The number of phenolic OH excluding ortho intramolecular Hbond substituents is 1. The lowest BCUT2D eigenvalue weighted by Crippen LogP contribution is -2.25. The Morgan fingerprint density at radius 2 is 1.82 bits per heavy atom. The Labute approximate surface area is 133 Å². The average molecular weight is 321 g/mol. The number of rotatable bonds is 4. The van der Waals surface area contributed by atoms with Crippen LogP contribution in [0.1, 0.15) is 0 Å². The van der Waals surface area contributed by atoms with Crippen molar-refractivity contribution in [3.05, 3.63) is 42.5 Å². The number of ether oxygens (including phenoxy) is 3. The van der Waals surface area contributed by atoms with Crippen LogP contribution in [-0.4, -0.2) is 25.4 Å². The Kier molecular flexibility index (Phi) is 5.00. The first-order valence-corrected chi connectivity index (χ1v) is 6.67. The second-order valence-electron chi connectivity index (χ2n) is 4.19. The van der Waals surface area contributed by atoms with Crippen LogP contribution >= 0.6 is 12.8 Å². The zero-order chi connectivity index (χ0) is 16.1. The number of hydrogen-bond acceptors (Lipinski definition) is 6. The highest BCUT2D eigenvalue weighted by atomic mass is 32.1. The Morgan fingerprint density at radius 3 is 2.45 bits per heavy atom. The Morgan fingerprint density at radius 1 is 1.09 bits per heavy atom. The predicted octanol–water partition coefficient (Wildman–Crippen LogP) is 3.26. The number of amides is 1. The van der Waals surface area contributed by atoms with Crippen LogP contribution in [0.3, 0.4) is 0 Å². The van der Waals surface area contributed by atoms with Gasteiger partial charge < -0.3 is 19.3 Å². The van der Waals surface area contributed by atoms with E-state index in [9.17, 15) is 9.90 Å². The Balaban J connectivity index is 2.25. The van der Waals surface area contributed by atoms with Gasteiger partial charge in [0.05, 0.1) is 14.2 Å². The van der Waals surface area contributed by atoms with Crippen LogP contribution < -0.4 is 18.5 Å². The van der Waals surface area contributed by atoms with Crippen molar-refractivity contribution in [3.8, 4) is 23.0 Å². The smallest absolute Gasteiger partial charge is 0.430 e. The molecule has 7 heteroatoms. The van der Waals surface area contributed by atoms with E-state index in [2.05, 4.69) is 12.8 Å². The molecule has 0 spiro atoms. The fourth-order valence-corrected chi connectivity index (χ4v) is 1.94. The van der Waals surface area contributed by atoms with Crippen LogP contribution in [0.15, 0.2) is 42.5 Å². The fourth-order valence-electron chi connectivity index (χ4n) is 1.74. The summed E-state index contributed by atoms with van der Waals surface area (Å²) in [5, 5.41) is 9.63. The van der Waals surface area contributed by atoms with Gasteiger partial charge in [-0.05, 0) is 24.3 Å². The van der Waals surface area contributed by atoms with E-state index < -0.39 is 6.09 Å². The van der Waals surface area contributed by atoms with Gasteiger partial charge in [0.25, 0.3) is 0 Å². The third-order valence-electron chi connectivity index (χ3n) is 2.85. The van der Waals surface area contributed by atoms with Crippen LogP contribution in [0, 0.1) is 0 Å². The quantitative estimate of drug-likeness (QED) is 0.846. The van der Waals surface area contributed by atoms with E-state index in [1.54, 1.807) is 30.3 Å². The van der Waals surface area contributed by atoms with Crippen LogP contribution in [0.2, 0.25) is 0 Å². The number of nitrogens with zero attached hydrogens (tertiary/aromatic N) is 1. The van der Waals surface area contributed by atoms with Gasteiger partial charge in [0.15, 0.2) is 11.5 Å². The number of anilines is 1. The van der Waals surface area contributed by atoms with Gasteiger partial charge in [-0.15, -0.1) is 0 Å². The molecule has 0 saturated heterocycles. The molecule has 2 rings (SSSR count). The summed E-state index contributed by atoms with van der Waals surface area (Å²) in [5.41, 5.74) is 0.352. The lowest BCUT2D eigenvalue weighted by molar-refractivity contribution is 0.210. The summed E-state index contributed by atoms with van der Waals surface area (Å²) in [5.74, 6) is 0.846. The molecule has 0 aliphatic carbocycles. The van der Waals surface area contributed by atoms with Crippen LogP contribution in [0.5, 0.6) is 23.0 Å². The third-order valence-corrected chi connectivity index (χ3v) is 3.23. The number of methoxy groups -OCH3 is 2. The zero-order valence-electron chi connectivity index (χ0n) is 12.0. The lowest BCUT2D eigenvalue weighted by Gasteiger charge is -2.19. The van der Waals surface area contributed by atoms with Crippen LogP contribution in [0.25, 0.3) is 0 Å². The van der Waals surface area contributed by atoms with E-state index in [4.69, 9.17) is 14.2 Å². The molecule has 0 bridgehead atoms. The van der Waals surface area contributed by atoms with Crippen molar-refractivity contribution in [2.75, 3.05) is 18.5 Å². The Bertz CT molecular complexity index is 677. The summed E-state index contributed by atoms with van der Waals surface area (Å²) in [6.45, 7) is 0. The molecule has 0 aliphatic heterocycles. The highest BCUT2D eigenvalue weighted by molar-refractivity contribution is 7.82. The largest absolute Gasteiger partial charge is 0.504 e. The second-order valence-corrected chi connectivity index (χ2v) is 4.59. The lowest BCUT2D eigenvalue weighted by atomic mass is 10.2. The molecule has 0 heterocycles. The molecular weight excluding hydrogens is 306 g/mol.